The van der Waals surface area contributed by atoms with E-state index in [0.29, 0.717) is 33.7 Å². The molecule has 30 heavy (non-hydrogen) atoms. The third kappa shape index (κ3) is 4.82. The van der Waals surface area contributed by atoms with Crippen LogP contribution in [0.15, 0.2) is 77.3 Å². The minimum Gasteiger partial charge on any atom is -0.484 e. The number of rotatable bonds is 6. The number of hydrogen-bond donors (Lipinski definition) is 1. The number of benzene rings is 3. The van der Waals surface area contributed by atoms with Crippen LogP contribution in [-0.4, -0.2) is 22.7 Å². The van der Waals surface area contributed by atoms with Gasteiger partial charge in [0.05, 0.1) is 0 Å². The van der Waals surface area contributed by atoms with Crippen LogP contribution < -0.4 is 10.1 Å². The van der Waals surface area contributed by atoms with Gasteiger partial charge in [-0.3, -0.25) is 4.79 Å². The van der Waals surface area contributed by atoms with Gasteiger partial charge in [0.2, 0.25) is 5.82 Å². The molecular formula is C22H15ClFN3O3. The minimum absolute atomic E-state index is 0.193. The van der Waals surface area contributed by atoms with Crippen LogP contribution >= 0.6 is 11.6 Å². The molecule has 3 aromatic carbocycles. The van der Waals surface area contributed by atoms with Gasteiger partial charge in [-0.05, 0) is 72.8 Å². The standard InChI is InChI=1S/C22H15ClFN3O3/c23-16-5-1-14(2-6-16)21-26-22(30-27-21)15-3-9-18(10-4-15)25-20(28)13-29-19-11-7-17(24)8-12-19/h1-12H,13H2,(H,25,28). The zero-order chi connectivity index (χ0) is 20.9. The Morgan fingerprint density at radius 1 is 0.967 bits per heavy atom. The van der Waals surface area contributed by atoms with Crippen molar-refractivity contribution >= 4 is 23.2 Å². The van der Waals surface area contributed by atoms with E-state index in [0.717, 1.165) is 5.56 Å². The number of ether oxygens (including phenoxy) is 1. The summed E-state index contributed by atoms with van der Waals surface area (Å²) in [7, 11) is 0. The molecule has 1 heterocycles. The summed E-state index contributed by atoms with van der Waals surface area (Å²) in [5.74, 6) is 0.521. The van der Waals surface area contributed by atoms with Crippen LogP contribution in [0.2, 0.25) is 5.02 Å². The van der Waals surface area contributed by atoms with Crippen LogP contribution in [0.5, 0.6) is 5.75 Å². The summed E-state index contributed by atoms with van der Waals surface area (Å²) in [6.45, 7) is -0.193. The lowest BCUT2D eigenvalue weighted by Crippen LogP contribution is -2.20. The molecule has 0 aliphatic rings. The van der Waals surface area contributed by atoms with E-state index in [1.807, 2.05) is 12.1 Å². The highest BCUT2D eigenvalue weighted by Crippen LogP contribution is 2.24. The SMILES string of the molecule is O=C(COc1ccc(F)cc1)Nc1ccc(-c2nc(-c3ccc(Cl)cc3)no2)cc1. The molecule has 1 N–H and O–H groups in total. The lowest BCUT2D eigenvalue weighted by atomic mass is 10.2. The average molecular weight is 424 g/mol. The predicted molar refractivity (Wildman–Crippen MR) is 111 cm³/mol. The van der Waals surface area contributed by atoms with Crippen LogP contribution in [0.3, 0.4) is 0 Å². The summed E-state index contributed by atoms with van der Waals surface area (Å²) in [4.78, 5) is 16.4. The average Bonchev–Trinajstić information content (AvgIpc) is 3.25. The second-order valence-corrected chi connectivity index (χ2v) is 6.73. The zero-order valence-electron chi connectivity index (χ0n) is 15.5. The topological polar surface area (TPSA) is 77.2 Å². The van der Waals surface area contributed by atoms with Crippen LogP contribution in [-0.2, 0) is 4.79 Å². The highest BCUT2D eigenvalue weighted by molar-refractivity contribution is 6.30. The Labute approximate surface area is 176 Å². The maximum atomic E-state index is 12.9. The van der Waals surface area contributed by atoms with Gasteiger partial charge in [0, 0.05) is 21.8 Å². The summed E-state index contributed by atoms with van der Waals surface area (Å²) >= 11 is 5.89. The molecule has 8 heteroatoms. The van der Waals surface area contributed by atoms with Crippen molar-refractivity contribution in [1.29, 1.82) is 0 Å². The normalized spacial score (nSPS) is 10.6. The molecule has 1 aromatic heterocycles. The van der Waals surface area contributed by atoms with E-state index in [1.165, 1.54) is 24.3 Å². The first-order chi connectivity index (χ1) is 14.6. The number of nitrogens with zero attached hydrogens (tertiary/aromatic N) is 2. The third-order valence-corrected chi connectivity index (χ3v) is 4.38. The fourth-order valence-electron chi connectivity index (χ4n) is 2.63. The fraction of sp³-hybridized carbons (Fsp3) is 0.0455. The van der Waals surface area contributed by atoms with Crippen molar-refractivity contribution in [3.05, 3.63) is 83.6 Å². The summed E-state index contributed by atoms with van der Waals surface area (Å²) in [5, 5.41) is 7.33. The molecule has 0 spiro atoms. The lowest BCUT2D eigenvalue weighted by molar-refractivity contribution is -0.118. The number of amides is 1. The molecule has 0 bridgehead atoms. The molecule has 4 aromatic rings. The Morgan fingerprint density at radius 3 is 2.33 bits per heavy atom. The van der Waals surface area contributed by atoms with Crippen molar-refractivity contribution in [2.75, 3.05) is 11.9 Å². The van der Waals surface area contributed by atoms with Crippen LogP contribution in [0, 0.1) is 5.82 Å². The number of aromatic nitrogens is 2. The van der Waals surface area contributed by atoms with E-state index >= 15 is 0 Å². The molecule has 0 radical (unpaired) electrons. The van der Waals surface area contributed by atoms with Gasteiger partial charge in [-0.25, -0.2) is 4.39 Å². The van der Waals surface area contributed by atoms with Crippen LogP contribution in [0.25, 0.3) is 22.8 Å². The number of carbonyl (C=O) groups excluding carboxylic acids is 1. The second-order valence-electron chi connectivity index (χ2n) is 6.30. The van der Waals surface area contributed by atoms with E-state index in [-0.39, 0.29) is 18.3 Å². The molecule has 150 valence electrons. The van der Waals surface area contributed by atoms with E-state index in [4.69, 9.17) is 20.9 Å². The molecule has 1 amide bonds. The van der Waals surface area contributed by atoms with Crippen molar-refractivity contribution in [1.82, 2.24) is 10.1 Å². The molecule has 6 nitrogen and oxygen atoms in total. The highest BCUT2D eigenvalue weighted by atomic mass is 35.5. The summed E-state index contributed by atoms with van der Waals surface area (Å²) in [6.07, 6.45) is 0. The van der Waals surface area contributed by atoms with Crippen LogP contribution in [0.1, 0.15) is 0 Å². The molecule has 0 aliphatic heterocycles. The monoisotopic (exact) mass is 423 g/mol. The van der Waals surface area contributed by atoms with E-state index in [2.05, 4.69) is 15.5 Å². The van der Waals surface area contributed by atoms with Gasteiger partial charge in [-0.2, -0.15) is 4.98 Å². The Hall–Kier alpha value is -3.71. The van der Waals surface area contributed by atoms with Gasteiger partial charge in [0.1, 0.15) is 11.6 Å². The van der Waals surface area contributed by atoms with Crippen molar-refractivity contribution in [3.63, 3.8) is 0 Å². The van der Waals surface area contributed by atoms with Gasteiger partial charge < -0.3 is 14.6 Å². The predicted octanol–water partition coefficient (Wildman–Crippen LogP) is 5.21. The van der Waals surface area contributed by atoms with Crippen LogP contribution in [0.4, 0.5) is 10.1 Å². The molecule has 0 atom stereocenters. The van der Waals surface area contributed by atoms with Gasteiger partial charge in [0.15, 0.2) is 6.61 Å². The Morgan fingerprint density at radius 2 is 1.63 bits per heavy atom. The summed E-state index contributed by atoms with van der Waals surface area (Å²) in [5.41, 5.74) is 2.09. The van der Waals surface area contributed by atoms with Gasteiger partial charge in [-0.15, -0.1) is 0 Å². The molecule has 4 rings (SSSR count). The number of anilines is 1. The van der Waals surface area contributed by atoms with E-state index in [9.17, 15) is 9.18 Å². The first-order valence-electron chi connectivity index (χ1n) is 8.95. The van der Waals surface area contributed by atoms with Crippen molar-refractivity contribution in [2.45, 2.75) is 0 Å². The van der Waals surface area contributed by atoms with E-state index in [1.54, 1.807) is 36.4 Å². The first-order valence-corrected chi connectivity index (χ1v) is 9.33. The number of hydrogen-bond acceptors (Lipinski definition) is 5. The molecular weight excluding hydrogens is 409 g/mol. The minimum atomic E-state index is -0.367. The molecule has 0 aliphatic carbocycles. The quantitative estimate of drug-likeness (QED) is 0.460. The molecule has 0 saturated heterocycles. The summed E-state index contributed by atoms with van der Waals surface area (Å²) in [6, 6.07) is 19.5. The molecule has 0 fully saturated rings. The van der Waals surface area contributed by atoms with Crippen molar-refractivity contribution < 1.29 is 18.4 Å². The molecule has 0 saturated carbocycles. The highest BCUT2D eigenvalue weighted by Gasteiger charge is 2.11. The van der Waals surface area contributed by atoms with Crippen molar-refractivity contribution in [3.8, 4) is 28.6 Å². The van der Waals surface area contributed by atoms with Crippen molar-refractivity contribution in [2.24, 2.45) is 0 Å². The maximum Gasteiger partial charge on any atom is 0.262 e. The number of carbonyl (C=O) groups is 1. The van der Waals surface area contributed by atoms with Gasteiger partial charge in [0.25, 0.3) is 11.8 Å². The lowest BCUT2D eigenvalue weighted by Gasteiger charge is -2.07. The largest absolute Gasteiger partial charge is 0.484 e. The Kier molecular flexibility index (Phi) is 5.72. The Balaban J connectivity index is 1.36. The number of nitrogens with one attached hydrogen (secondary N) is 1. The Bertz CT molecular complexity index is 1140. The smallest absolute Gasteiger partial charge is 0.262 e. The second kappa shape index (κ2) is 8.75. The molecule has 0 unspecified atom stereocenters. The fourth-order valence-corrected chi connectivity index (χ4v) is 2.76. The van der Waals surface area contributed by atoms with Gasteiger partial charge >= 0.3 is 0 Å². The third-order valence-electron chi connectivity index (χ3n) is 4.13. The number of halogens is 2. The maximum absolute atomic E-state index is 12.9. The zero-order valence-corrected chi connectivity index (χ0v) is 16.3. The first kappa shape index (κ1) is 19.6. The summed E-state index contributed by atoms with van der Waals surface area (Å²) < 4.78 is 23.5. The van der Waals surface area contributed by atoms with Gasteiger partial charge in [-0.1, -0.05) is 16.8 Å². The van der Waals surface area contributed by atoms with E-state index < -0.39 is 0 Å².